The van der Waals surface area contributed by atoms with Crippen molar-refractivity contribution >= 4 is 6.29 Å². The second-order valence-electron chi connectivity index (χ2n) is 3.99. The monoisotopic (exact) mass is 208 g/mol. The Bertz CT molecular complexity index is 365. The molecule has 0 spiro atoms. The van der Waals surface area contributed by atoms with E-state index < -0.39 is 0 Å². The number of hydrogen-bond donors (Lipinski definition) is 0. The van der Waals surface area contributed by atoms with E-state index in [-0.39, 0.29) is 0 Å². The van der Waals surface area contributed by atoms with E-state index in [1.165, 1.54) is 0 Å². The highest BCUT2D eigenvalue weighted by molar-refractivity contribution is 5.74. The molecule has 0 atom stereocenters. The summed E-state index contributed by atoms with van der Waals surface area (Å²) in [5, 5.41) is 0. The van der Waals surface area contributed by atoms with Crippen LogP contribution in [0.15, 0.2) is 0 Å². The van der Waals surface area contributed by atoms with Gasteiger partial charge in [0.15, 0.2) is 6.29 Å². The summed E-state index contributed by atoms with van der Waals surface area (Å²) in [6, 6.07) is 0. The second kappa shape index (κ2) is 4.14. The normalized spacial score (nSPS) is 18.0. The van der Waals surface area contributed by atoms with Gasteiger partial charge in [-0.25, -0.2) is 4.98 Å². The first kappa shape index (κ1) is 10.4. The highest BCUT2D eigenvalue weighted by Gasteiger charge is 2.23. The van der Waals surface area contributed by atoms with Gasteiger partial charge in [-0.3, -0.25) is 4.79 Å². The second-order valence-corrected chi connectivity index (χ2v) is 3.99. The maximum Gasteiger partial charge on any atom is 0.170 e. The lowest BCUT2D eigenvalue weighted by Gasteiger charge is -2.22. The van der Waals surface area contributed by atoms with Crippen LogP contribution in [0.2, 0.25) is 0 Å². The van der Waals surface area contributed by atoms with Crippen molar-refractivity contribution in [3.05, 3.63) is 17.2 Å². The molecule has 1 saturated heterocycles. The van der Waals surface area contributed by atoms with Crippen molar-refractivity contribution in [2.24, 2.45) is 7.05 Å². The predicted molar refractivity (Wildman–Crippen MR) is 56.1 cm³/mol. The highest BCUT2D eigenvalue weighted by Crippen LogP contribution is 2.28. The van der Waals surface area contributed by atoms with Crippen molar-refractivity contribution in [3.8, 4) is 0 Å². The predicted octanol–water partition coefficient (Wildman–Crippen LogP) is 1.44. The van der Waals surface area contributed by atoms with Crippen LogP contribution >= 0.6 is 0 Å². The summed E-state index contributed by atoms with van der Waals surface area (Å²) in [7, 11) is 1.97. The summed E-state index contributed by atoms with van der Waals surface area (Å²) >= 11 is 0. The summed E-state index contributed by atoms with van der Waals surface area (Å²) < 4.78 is 7.35. The first-order valence-corrected chi connectivity index (χ1v) is 5.30. The van der Waals surface area contributed by atoms with Gasteiger partial charge in [0.25, 0.3) is 0 Å². The standard InChI is InChI=1S/C11H16N2O2/c1-8-12-10(7-14)11(13(8)2)9-3-5-15-6-4-9/h7,9H,3-6H2,1-2H3. The van der Waals surface area contributed by atoms with Crippen LogP contribution in [-0.2, 0) is 11.8 Å². The van der Waals surface area contributed by atoms with E-state index in [9.17, 15) is 4.79 Å². The molecule has 82 valence electrons. The van der Waals surface area contributed by atoms with E-state index >= 15 is 0 Å². The minimum Gasteiger partial charge on any atom is -0.381 e. The number of carbonyl (C=O) groups is 1. The molecular weight excluding hydrogens is 192 g/mol. The molecule has 0 N–H and O–H groups in total. The number of rotatable bonds is 2. The fourth-order valence-corrected chi connectivity index (χ4v) is 2.19. The van der Waals surface area contributed by atoms with Gasteiger partial charge in [-0.2, -0.15) is 0 Å². The average Bonchev–Trinajstić information content (AvgIpc) is 2.56. The summed E-state index contributed by atoms with van der Waals surface area (Å²) in [6.07, 6.45) is 2.83. The Kier molecular flexibility index (Phi) is 2.86. The van der Waals surface area contributed by atoms with Gasteiger partial charge < -0.3 is 9.30 Å². The first-order valence-electron chi connectivity index (χ1n) is 5.30. The maximum atomic E-state index is 10.9. The van der Waals surface area contributed by atoms with Crippen molar-refractivity contribution in [2.45, 2.75) is 25.7 Å². The third kappa shape index (κ3) is 1.81. The zero-order valence-electron chi connectivity index (χ0n) is 9.19. The molecule has 0 aliphatic carbocycles. The summed E-state index contributed by atoms with van der Waals surface area (Å²) in [6.45, 7) is 3.50. The van der Waals surface area contributed by atoms with Crippen LogP contribution in [0, 0.1) is 6.92 Å². The van der Waals surface area contributed by atoms with Gasteiger partial charge in [-0.15, -0.1) is 0 Å². The molecule has 1 aromatic rings. The number of carbonyl (C=O) groups excluding carboxylic acids is 1. The van der Waals surface area contributed by atoms with Crippen molar-refractivity contribution in [3.63, 3.8) is 0 Å². The molecule has 0 aromatic carbocycles. The SMILES string of the molecule is Cc1nc(C=O)c(C2CCOCC2)n1C. The minimum absolute atomic E-state index is 0.421. The van der Waals surface area contributed by atoms with E-state index in [1.54, 1.807) is 0 Å². The minimum atomic E-state index is 0.421. The molecule has 0 unspecified atom stereocenters. The lowest BCUT2D eigenvalue weighted by molar-refractivity contribution is 0.0835. The average molecular weight is 208 g/mol. The first-order chi connectivity index (χ1) is 7.24. The van der Waals surface area contributed by atoms with Gasteiger partial charge in [-0.05, 0) is 19.8 Å². The molecule has 4 heteroatoms. The van der Waals surface area contributed by atoms with Crippen LogP contribution in [0.4, 0.5) is 0 Å². The van der Waals surface area contributed by atoms with Crippen molar-refractivity contribution in [1.82, 2.24) is 9.55 Å². The Labute approximate surface area is 89.3 Å². The van der Waals surface area contributed by atoms with Crippen molar-refractivity contribution in [2.75, 3.05) is 13.2 Å². The number of hydrogen-bond acceptors (Lipinski definition) is 3. The van der Waals surface area contributed by atoms with Crippen LogP contribution in [0.25, 0.3) is 0 Å². The largest absolute Gasteiger partial charge is 0.381 e. The van der Waals surface area contributed by atoms with Gasteiger partial charge in [0.2, 0.25) is 0 Å². The molecule has 15 heavy (non-hydrogen) atoms. The molecule has 2 rings (SSSR count). The smallest absolute Gasteiger partial charge is 0.170 e. The van der Waals surface area contributed by atoms with E-state index in [4.69, 9.17) is 4.74 Å². The van der Waals surface area contributed by atoms with Gasteiger partial charge in [-0.1, -0.05) is 0 Å². The fourth-order valence-electron chi connectivity index (χ4n) is 2.19. The molecule has 0 bridgehead atoms. The third-order valence-corrected chi connectivity index (χ3v) is 3.11. The van der Waals surface area contributed by atoms with Crippen molar-refractivity contribution < 1.29 is 9.53 Å². The molecule has 1 aliphatic heterocycles. The number of aryl methyl sites for hydroxylation is 1. The highest BCUT2D eigenvalue weighted by atomic mass is 16.5. The van der Waals surface area contributed by atoms with Crippen LogP contribution in [0.1, 0.15) is 40.8 Å². The molecular formula is C11H16N2O2. The summed E-state index contributed by atoms with van der Waals surface area (Å²) in [5.74, 6) is 1.32. The lowest BCUT2D eigenvalue weighted by Crippen LogP contribution is -2.17. The molecule has 1 aliphatic rings. The summed E-state index contributed by atoms with van der Waals surface area (Å²) in [5.41, 5.74) is 1.67. The molecule has 0 amide bonds. The fraction of sp³-hybridized carbons (Fsp3) is 0.636. The van der Waals surface area contributed by atoms with Crippen LogP contribution in [0.5, 0.6) is 0 Å². The maximum absolute atomic E-state index is 10.9. The number of ether oxygens (including phenoxy) is 1. The zero-order chi connectivity index (χ0) is 10.8. The van der Waals surface area contributed by atoms with Crippen LogP contribution < -0.4 is 0 Å². The molecule has 1 aromatic heterocycles. The van der Waals surface area contributed by atoms with Crippen molar-refractivity contribution in [1.29, 1.82) is 0 Å². The van der Waals surface area contributed by atoms with Gasteiger partial charge in [0, 0.05) is 26.2 Å². The third-order valence-electron chi connectivity index (χ3n) is 3.11. The van der Waals surface area contributed by atoms with Crippen LogP contribution in [-0.4, -0.2) is 29.1 Å². The Morgan fingerprint density at radius 1 is 1.47 bits per heavy atom. The van der Waals surface area contributed by atoms with E-state index in [0.717, 1.165) is 43.9 Å². The molecule has 0 saturated carbocycles. The molecule has 2 heterocycles. The van der Waals surface area contributed by atoms with Crippen LogP contribution in [0.3, 0.4) is 0 Å². The van der Waals surface area contributed by atoms with E-state index in [2.05, 4.69) is 4.98 Å². The number of imidazole rings is 1. The van der Waals surface area contributed by atoms with E-state index in [0.29, 0.717) is 11.6 Å². The quantitative estimate of drug-likeness (QED) is 0.691. The van der Waals surface area contributed by atoms with Gasteiger partial charge in [0.05, 0.1) is 5.69 Å². The van der Waals surface area contributed by atoms with E-state index in [1.807, 2.05) is 18.5 Å². The Morgan fingerprint density at radius 2 is 2.13 bits per heavy atom. The Balaban J connectivity index is 2.35. The lowest BCUT2D eigenvalue weighted by atomic mass is 9.95. The van der Waals surface area contributed by atoms with Gasteiger partial charge in [0.1, 0.15) is 11.5 Å². The Morgan fingerprint density at radius 3 is 2.73 bits per heavy atom. The topological polar surface area (TPSA) is 44.1 Å². The Hall–Kier alpha value is -1.16. The molecule has 1 fully saturated rings. The zero-order valence-corrected chi connectivity index (χ0v) is 9.19. The molecule has 4 nitrogen and oxygen atoms in total. The number of aldehydes is 1. The number of aromatic nitrogens is 2. The van der Waals surface area contributed by atoms with Gasteiger partial charge >= 0.3 is 0 Å². The molecule has 0 radical (unpaired) electrons. The summed E-state index contributed by atoms with van der Waals surface area (Å²) in [4.78, 5) is 15.2. The number of nitrogens with zero attached hydrogens (tertiary/aromatic N) is 2.